The van der Waals surface area contributed by atoms with Crippen LogP contribution in [0.1, 0.15) is 11.1 Å². The van der Waals surface area contributed by atoms with Crippen LogP contribution in [0.4, 0.5) is 34.1 Å². The molecule has 2 heteroatoms. The summed E-state index contributed by atoms with van der Waals surface area (Å²) in [6, 6.07) is 83.7. The first-order valence-electron chi connectivity index (χ1n) is 20.7. The van der Waals surface area contributed by atoms with E-state index in [1.807, 2.05) is 0 Å². The number of fused-ring (bicyclic) bond motifs is 3. The second-order valence-corrected chi connectivity index (χ2v) is 15.6. The first-order valence-corrected chi connectivity index (χ1v) is 20.7. The van der Waals surface area contributed by atoms with Crippen molar-refractivity contribution in [1.29, 1.82) is 0 Å². The van der Waals surface area contributed by atoms with Crippen molar-refractivity contribution in [3.05, 3.63) is 242 Å². The molecule has 10 rings (SSSR count). The summed E-state index contributed by atoms with van der Waals surface area (Å²) in [7, 11) is 0. The van der Waals surface area contributed by atoms with Gasteiger partial charge in [0.1, 0.15) is 0 Å². The van der Waals surface area contributed by atoms with Gasteiger partial charge in [-0.3, -0.25) is 0 Å². The van der Waals surface area contributed by atoms with E-state index in [1.165, 1.54) is 66.1 Å². The minimum Gasteiger partial charge on any atom is -0.311 e. The van der Waals surface area contributed by atoms with Crippen molar-refractivity contribution >= 4 is 55.7 Å². The summed E-state index contributed by atoms with van der Waals surface area (Å²) in [6.45, 7) is 4.29. The van der Waals surface area contributed by atoms with Crippen LogP contribution < -0.4 is 9.80 Å². The third-order valence-corrected chi connectivity index (χ3v) is 11.6. The van der Waals surface area contributed by atoms with Gasteiger partial charge in [0.15, 0.2) is 0 Å². The highest BCUT2D eigenvalue weighted by Crippen LogP contribution is 2.45. The molecule has 10 aromatic rings. The van der Waals surface area contributed by atoms with E-state index in [4.69, 9.17) is 0 Å². The number of aryl methyl sites for hydroxylation is 2. The molecule has 0 saturated carbocycles. The van der Waals surface area contributed by atoms with E-state index in [0.717, 1.165) is 34.1 Å². The Hall–Kier alpha value is -7.68. The van der Waals surface area contributed by atoms with Crippen molar-refractivity contribution in [2.75, 3.05) is 9.80 Å². The first kappa shape index (κ1) is 36.6. The van der Waals surface area contributed by atoms with Gasteiger partial charge in [-0.05, 0) is 130 Å². The van der Waals surface area contributed by atoms with Gasteiger partial charge in [0.2, 0.25) is 0 Å². The molecule has 0 aliphatic rings. The molecule has 60 heavy (non-hydrogen) atoms. The molecule has 0 bridgehead atoms. The lowest BCUT2D eigenvalue weighted by Gasteiger charge is -2.28. The largest absolute Gasteiger partial charge is 0.311 e. The molecule has 2 nitrogen and oxygen atoms in total. The van der Waals surface area contributed by atoms with Crippen LogP contribution in [-0.2, 0) is 0 Å². The molecule has 0 unspecified atom stereocenters. The summed E-state index contributed by atoms with van der Waals surface area (Å²) in [6.07, 6.45) is 0. The predicted molar refractivity (Wildman–Crippen MR) is 257 cm³/mol. The normalized spacial score (nSPS) is 11.2. The van der Waals surface area contributed by atoms with Crippen LogP contribution in [0.25, 0.3) is 54.9 Å². The Morgan fingerprint density at radius 2 is 0.667 bits per heavy atom. The van der Waals surface area contributed by atoms with Gasteiger partial charge in [0.05, 0.1) is 5.69 Å². The highest BCUT2D eigenvalue weighted by molar-refractivity contribution is 6.18. The molecule has 0 aliphatic carbocycles. The summed E-state index contributed by atoms with van der Waals surface area (Å²) in [5.74, 6) is 0. The number of benzene rings is 10. The predicted octanol–water partition coefficient (Wildman–Crippen LogP) is 16.6. The fourth-order valence-corrected chi connectivity index (χ4v) is 8.47. The Labute approximate surface area is 352 Å². The number of rotatable bonds is 9. The van der Waals surface area contributed by atoms with Crippen LogP contribution in [0, 0.1) is 13.8 Å². The van der Waals surface area contributed by atoms with Crippen molar-refractivity contribution in [2.45, 2.75) is 13.8 Å². The maximum Gasteiger partial charge on any atom is 0.0540 e. The number of hydrogen-bond acceptors (Lipinski definition) is 2. The minimum absolute atomic E-state index is 1.09. The first-order chi connectivity index (χ1) is 29.6. The average Bonchev–Trinajstić information content (AvgIpc) is 3.31. The Morgan fingerprint density at radius 1 is 0.267 bits per heavy atom. The second kappa shape index (κ2) is 15.9. The molecular formula is C58H44N2. The monoisotopic (exact) mass is 768 g/mol. The minimum atomic E-state index is 1.09. The van der Waals surface area contributed by atoms with Gasteiger partial charge >= 0.3 is 0 Å². The topological polar surface area (TPSA) is 6.48 Å². The molecule has 0 spiro atoms. The van der Waals surface area contributed by atoms with E-state index in [2.05, 4.69) is 254 Å². The van der Waals surface area contributed by atoms with Crippen molar-refractivity contribution in [2.24, 2.45) is 0 Å². The fraction of sp³-hybridized carbons (Fsp3) is 0.0345. The van der Waals surface area contributed by atoms with E-state index in [-0.39, 0.29) is 0 Å². The third-order valence-electron chi connectivity index (χ3n) is 11.6. The van der Waals surface area contributed by atoms with Gasteiger partial charge < -0.3 is 9.80 Å². The smallest absolute Gasteiger partial charge is 0.0540 e. The Balaban J connectivity index is 1.09. The molecule has 0 atom stereocenters. The summed E-state index contributed by atoms with van der Waals surface area (Å²) in [5.41, 5.74) is 16.4. The van der Waals surface area contributed by atoms with Gasteiger partial charge in [-0.15, -0.1) is 0 Å². The van der Waals surface area contributed by atoms with Gasteiger partial charge in [-0.25, -0.2) is 0 Å². The summed E-state index contributed by atoms with van der Waals surface area (Å²) in [4.78, 5) is 4.75. The quantitative estimate of drug-likeness (QED) is 0.135. The van der Waals surface area contributed by atoms with Crippen LogP contribution in [0.15, 0.2) is 231 Å². The van der Waals surface area contributed by atoms with Crippen LogP contribution in [0.5, 0.6) is 0 Å². The highest BCUT2D eigenvalue weighted by atomic mass is 15.1. The zero-order chi connectivity index (χ0) is 40.4. The molecule has 0 radical (unpaired) electrons. The molecule has 10 aromatic carbocycles. The molecular weight excluding hydrogens is 725 g/mol. The molecule has 0 heterocycles. The van der Waals surface area contributed by atoms with Crippen LogP contribution in [-0.4, -0.2) is 0 Å². The SMILES string of the molecule is Cc1ccc(N(c2ccc(C)cc2)c2ccc(-c3ccc(N(c4ccc(-c5ccccc5)cc4)c4ccc(-c5ccccc5)cc4)cc3)c3c2ccc2ccccc23)cc1. The fourth-order valence-electron chi connectivity index (χ4n) is 8.47. The maximum absolute atomic E-state index is 2.40. The third kappa shape index (κ3) is 7.10. The molecule has 0 fully saturated rings. The summed E-state index contributed by atoms with van der Waals surface area (Å²) >= 11 is 0. The van der Waals surface area contributed by atoms with E-state index >= 15 is 0 Å². The van der Waals surface area contributed by atoms with Crippen LogP contribution in [0.3, 0.4) is 0 Å². The van der Waals surface area contributed by atoms with Gasteiger partial charge in [-0.1, -0.05) is 175 Å². The van der Waals surface area contributed by atoms with Gasteiger partial charge in [0, 0.05) is 33.8 Å². The van der Waals surface area contributed by atoms with E-state index in [9.17, 15) is 0 Å². The van der Waals surface area contributed by atoms with Crippen molar-refractivity contribution < 1.29 is 0 Å². The van der Waals surface area contributed by atoms with E-state index < -0.39 is 0 Å². The Morgan fingerprint density at radius 3 is 1.17 bits per heavy atom. The van der Waals surface area contributed by atoms with E-state index in [1.54, 1.807) is 0 Å². The number of anilines is 6. The molecule has 0 saturated heterocycles. The van der Waals surface area contributed by atoms with Crippen molar-refractivity contribution in [1.82, 2.24) is 0 Å². The van der Waals surface area contributed by atoms with Crippen molar-refractivity contribution in [3.63, 3.8) is 0 Å². The summed E-state index contributed by atoms with van der Waals surface area (Å²) in [5, 5.41) is 4.91. The lowest BCUT2D eigenvalue weighted by Crippen LogP contribution is -2.11. The molecule has 286 valence electrons. The molecule has 0 amide bonds. The zero-order valence-corrected chi connectivity index (χ0v) is 33.8. The number of hydrogen-bond donors (Lipinski definition) is 0. The van der Waals surface area contributed by atoms with Gasteiger partial charge in [0.25, 0.3) is 0 Å². The Kier molecular flexibility index (Phi) is 9.73. The standard InChI is InChI=1S/C58H44N2/c1-41-17-28-52(29-18-41)60(53-30-19-42(2)20-31-53)57-40-39-55(58-54-16-10-9-15-47(54)27-38-56(57)58)48-25-36-51(37-26-48)59(49-32-21-45(22-33-49)43-11-5-3-6-12-43)50-34-23-46(24-35-50)44-13-7-4-8-14-44/h3-40H,1-2H3. The lowest BCUT2D eigenvalue weighted by molar-refractivity contribution is 1.28. The van der Waals surface area contributed by atoms with Crippen LogP contribution in [0.2, 0.25) is 0 Å². The summed E-state index contributed by atoms with van der Waals surface area (Å²) < 4.78 is 0. The molecule has 0 aliphatic heterocycles. The molecule has 0 N–H and O–H groups in total. The average molecular weight is 769 g/mol. The zero-order valence-electron chi connectivity index (χ0n) is 33.8. The second-order valence-electron chi connectivity index (χ2n) is 15.6. The highest BCUT2D eigenvalue weighted by Gasteiger charge is 2.20. The Bertz CT molecular complexity index is 2920. The van der Waals surface area contributed by atoms with E-state index in [0.29, 0.717) is 0 Å². The van der Waals surface area contributed by atoms with Crippen molar-refractivity contribution in [3.8, 4) is 33.4 Å². The van der Waals surface area contributed by atoms with Gasteiger partial charge in [-0.2, -0.15) is 0 Å². The lowest BCUT2D eigenvalue weighted by atomic mass is 9.92. The molecule has 0 aromatic heterocycles. The van der Waals surface area contributed by atoms with Crippen LogP contribution >= 0.6 is 0 Å². The number of nitrogens with zero attached hydrogens (tertiary/aromatic N) is 2. The maximum atomic E-state index is 2.40.